The van der Waals surface area contributed by atoms with Gasteiger partial charge in [-0.05, 0) is 48.5 Å². The number of hydrogen-bond donors (Lipinski definition) is 2. The summed E-state index contributed by atoms with van der Waals surface area (Å²) in [6.45, 7) is 0.792. The van der Waals surface area contributed by atoms with Crippen LogP contribution in [0.15, 0.2) is 77.7 Å². The fourth-order valence-electron chi connectivity index (χ4n) is 2.69. The Morgan fingerprint density at radius 3 is 2.45 bits per heavy atom. The fourth-order valence-corrected chi connectivity index (χ4v) is 3.77. The minimum Gasteiger partial charge on any atom is -0.491 e. The van der Waals surface area contributed by atoms with E-state index in [4.69, 9.17) is 9.47 Å². The van der Waals surface area contributed by atoms with Crippen LogP contribution in [0.25, 0.3) is 0 Å². The summed E-state index contributed by atoms with van der Waals surface area (Å²) in [5.41, 5.74) is 0.701. The van der Waals surface area contributed by atoms with Crippen molar-refractivity contribution in [2.75, 3.05) is 30.4 Å². The minimum atomic E-state index is -4.01. The number of carbonyl (C=O) groups is 1. The number of ether oxygens (including phenoxy) is 2. The Bertz CT molecular complexity index is 1150. The van der Waals surface area contributed by atoms with Crippen molar-refractivity contribution < 1.29 is 27.1 Å². The molecule has 0 aliphatic carbocycles. The zero-order valence-corrected chi connectivity index (χ0v) is 17.5. The van der Waals surface area contributed by atoms with Crippen molar-refractivity contribution in [2.24, 2.45) is 0 Å². The molecule has 0 saturated carbocycles. The number of anilines is 2. The lowest BCUT2D eigenvalue weighted by atomic mass is 10.1. The zero-order valence-electron chi connectivity index (χ0n) is 16.7. The van der Waals surface area contributed by atoms with Gasteiger partial charge in [-0.15, -0.1) is 0 Å². The molecule has 1 amide bonds. The highest BCUT2D eigenvalue weighted by Gasteiger charge is 2.19. The summed E-state index contributed by atoms with van der Waals surface area (Å²) >= 11 is 0. The van der Waals surface area contributed by atoms with Gasteiger partial charge in [0.15, 0.2) is 0 Å². The van der Waals surface area contributed by atoms with Gasteiger partial charge in [-0.3, -0.25) is 9.52 Å². The van der Waals surface area contributed by atoms with E-state index in [2.05, 4.69) is 10.0 Å². The smallest absolute Gasteiger partial charge is 0.261 e. The van der Waals surface area contributed by atoms with E-state index in [1.807, 2.05) is 0 Å². The first kappa shape index (κ1) is 22.3. The van der Waals surface area contributed by atoms with Crippen molar-refractivity contribution in [2.45, 2.75) is 4.90 Å². The summed E-state index contributed by atoms with van der Waals surface area (Å²) in [5, 5.41) is 2.73. The van der Waals surface area contributed by atoms with Gasteiger partial charge in [0.1, 0.15) is 18.2 Å². The molecular weight excluding hydrogens is 423 g/mol. The van der Waals surface area contributed by atoms with Crippen molar-refractivity contribution in [3.8, 4) is 5.75 Å². The van der Waals surface area contributed by atoms with Crippen LogP contribution in [0.2, 0.25) is 0 Å². The SMILES string of the molecule is COCCOc1cccc(NC(=O)c2ccccc2NS(=O)(=O)c2ccc(F)cc2)c1. The van der Waals surface area contributed by atoms with Crippen molar-refractivity contribution in [3.63, 3.8) is 0 Å². The summed E-state index contributed by atoms with van der Waals surface area (Å²) in [6, 6.07) is 17.4. The van der Waals surface area contributed by atoms with Crippen LogP contribution in [0, 0.1) is 5.82 Å². The predicted octanol–water partition coefficient (Wildman–Crippen LogP) is 3.90. The topological polar surface area (TPSA) is 93.7 Å². The molecule has 7 nitrogen and oxygen atoms in total. The number of hydrogen-bond acceptors (Lipinski definition) is 5. The van der Waals surface area contributed by atoms with Crippen molar-refractivity contribution in [1.29, 1.82) is 0 Å². The molecule has 3 rings (SSSR count). The summed E-state index contributed by atoms with van der Waals surface area (Å²) in [6.07, 6.45) is 0. The largest absolute Gasteiger partial charge is 0.491 e. The fraction of sp³-hybridized carbons (Fsp3) is 0.136. The van der Waals surface area contributed by atoms with Gasteiger partial charge in [0.05, 0.1) is 22.8 Å². The average Bonchev–Trinajstić information content (AvgIpc) is 2.74. The van der Waals surface area contributed by atoms with E-state index in [1.165, 1.54) is 12.1 Å². The number of para-hydroxylation sites is 1. The predicted molar refractivity (Wildman–Crippen MR) is 115 cm³/mol. The quantitative estimate of drug-likeness (QED) is 0.488. The van der Waals surface area contributed by atoms with Gasteiger partial charge in [0.25, 0.3) is 15.9 Å². The maximum absolute atomic E-state index is 13.1. The van der Waals surface area contributed by atoms with E-state index < -0.39 is 21.7 Å². The molecule has 0 spiro atoms. The second-order valence-electron chi connectivity index (χ2n) is 6.43. The van der Waals surface area contributed by atoms with Gasteiger partial charge in [0.2, 0.25) is 0 Å². The Morgan fingerprint density at radius 2 is 1.71 bits per heavy atom. The molecule has 31 heavy (non-hydrogen) atoms. The first-order valence-electron chi connectivity index (χ1n) is 9.29. The van der Waals surface area contributed by atoms with Crippen LogP contribution in [0.3, 0.4) is 0 Å². The molecule has 3 aromatic carbocycles. The zero-order chi connectivity index (χ0) is 22.3. The Kier molecular flexibility index (Phi) is 7.22. The molecule has 0 heterocycles. The normalized spacial score (nSPS) is 11.0. The van der Waals surface area contributed by atoms with E-state index in [-0.39, 0.29) is 16.1 Å². The lowest BCUT2D eigenvalue weighted by molar-refractivity contribution is 0.102. The van der Waals surface area contributed by atoms with Gasteiger partial charge < -0.3 is 14.8 Å². The molecule has 0 saturated heterocycles. The Morgan fingerprint density at radius 1 is 0.968 bits per heavy atom. The number of nitrogens with one attached hydrogen (secondary N) is 2. The van der Waals surface area contributed by atoms with E-state index in [0.29, 0.717) is 24.7 Å². The molecule has 9 heteroatoms. The molecule has 0 radical (unpaired) electrons. The molecular formula is C22H21FN2O5S. The van der Waals surface area contributed by atoms with E-state index in [1.54, 1.807) is 43.5 Å². The van der Waals surface area contributed by atoms with Crippen LogP contribution in [-0.2, 0) is 14.8 Å². The summed E-state index contributed by atoms with van der Waals surface area (Å²) < 4.78 is 51.2. The third-order valence-corrected chi connectivity index (χ3v) is 5.57. The molecule has 0 bridgehead atoms. The second kappa shape index (κ2) is 10.1. The average molecular weight is 444 g/mol. The Labute approximate surface area is 179 Å². The molecule has 0 aliphatic rings. The molecule has 0 fully saturated rings. The number of amides is 1. The minimum absolute atomic E-state index is 0.0943. The van der Waals surface area contributed by atoms with Gasteiger partial charge in [-0.1, -0.05) is 18.2 Å². The molecule has 0 aromatic heterocycles. The lowest BCUT2D eigenvalue weighted by Crippen LogP contribution is -2.18. The van der Waals surface area contributed by atoms with Gasteiger partial charge in [-0.2, -0.15) is 0 Å². The standard InChI is InChI=1S/C22H21FN2O5S/c1-29-13-14-30-18-6-4-5-17(15-18)24-22(26)20-7-2-3-8-21(20)25-31(27,28)19-11-9-16(23)10-12-19/h2-12,15,25H,13-14H2,1H3,(H,24,26). The number of sulfonamides is 1. The third kappa shape index (κ3) is 6.03. The molecule has 2 N–H and O–H groups in total. The van der Waals surface area contributed by atoms with Crippen LogP contribution >= 0.6 is 0 Å². The summed E-state index contributed by atoms with van der Waals surface area (Å²) in [5.74, 6) is -0.501. The number of methoxy groups -OCH3 is 1. The lowest BCUT2D eigenvalue weighted by Gasteiger charge is -2.13. The van der Waals surface area contributed by atoms with Gasteiger partial charge in [-0.25, -0.2) is 12.8 Å². The first-order chi connectivity index (χ1) is 14.9. The van der Waals surface area contributed by atoms with Crippen LogP contribution in [0.4, 0.5) is 15.8 Å². The molecule has 162 valence electrons. The van der Waals surface area contributed by atoms with Crippen LogP contribution in [0.5, 0.6) is 5.75 Å². The number of halogens is 1. The van der Waals surface area contributed by atoms with E-state index in [0.717, 1.165) is 24.3 Å². The van der Waals surface area contributed by atoms with E-state index >= 15 is 0 Å². The Balaban J connectivity index is 1.78. The van der Waals surface area contributed by atoms with Crippen LogP contribution < -0.4 is 14.8 Å². The first-order valence-corrected chi connectivity index (χ1v) is 10.8. The van der Waals surface area contributed by atoms with Crippen molar-refractivity contribution >= 4 is 27.3 Å². The molecule has 0 unspecified atom stereocenters. The highest BCUT2D eigenvalue weighted by atomic mass is 32.2. The Hall–Kier alpha value is -3.43. The van der Waals surface area contributed by atoms with Crippen LogP contribution in [-0.4, -0.2) is 34.6 Å². The van der Waals surface area contributed by atoms with Gasteiger partial charge >= 0.3 is 0 Å². The molecule has 3 aromatic rings. The highest BCUT2D eigenvalue weighted by molar-refractivity contribution is 7.92. The monoisotopic (exact) mass is 444 g/mol. The van der Waals surface area contributed by atoms with Crippen molar-refractivity contribution in [1.82, 2.24) is 0 Å². The van der Waals surface area contributed by atoms with Crippen molar-refractivity contribution in [3.05, 3.63) is 84.2 Å². The second-order valence-corrected chi connectivity index (χ2v) is 8.11. The number of carbonyl (C=O) groups excluding carboxylic acids is 1. The maximum atomic E-state index is 13.1. The molecule has 0 aliphatic heterocycles. The third-order valence-electron chi connectivity index (χ3n) is 4.19. The number of rotatable bonds is 9. The highest BCUT2D eigenvalue weighted by Crippen LogP contribution is 2.23. The van der Waals surface area contributed by atoms with E-state index in [9.17, 15) is 17.6 Å². The molecule has 0 atom stereocenters. The van der Waals surface area contributed by atoms with Crippen LogP contribution in [0.1, 0.15) is 10.4 Å². The maximum Gasteiger partial charge on any atom is 0.261 e. The van der Waals surface area contributed by atoms with Gasteiger partial charge in [0, 0.05) is 18.9 Å². The number of benzene rings is 3. The summed E-state index contributed by atoms with van der Waals surface area (Å²) in [4.78, 5) is 12.7. The summed E-state index contributed by atoms with van der Waals surface area (Å²) in [7, 11) is -2.44.